The second-order valence-electron chi connectivity index (χ2n) is 5.73. The molecule has 1 saturated heterocycles. The molecular formula is C16H26N2O. The maximum absolute atomic E-state index is 9.85. The summed E-state index contributed by atoms with van der Waals surface area (Å²) >= 11 is 0. The Kier molecular flexibility index (Phi) is 5.37. The van der Waals surface area contributed by atoms with Crippen molar-refractivity contribution in [3.05, 3.63) is 35.9 Å². The number of aliphatic hydroxyl groups is 1. The Morgan fingerprint density at radius 2 is 2.00 bits per heavy atom. The van der Waals surface area contributed by atoms with Crippen molar-refractivity contribution in [2.24, 2.45) is 0 Å². The summed E-state index contributed by atoms with van der Waals surface area (Å²) in [6.45, 7) is 6.67. The minimum absolute atomic E-state index is 0.0954. The van der Waals surface area contributed by atoms with Crippen LogP contribution in [0.3, 0.4) is 0 Å². The monoisotopic (exact) mass is 262 g/mol. The van der Waals surface area contributed by atoms with Gasteiger partial charge in [0.05, 0.1) is 6.61 Å². The van der Waals surface area contributed by atoms with Crippen molar-refractivity contribution in [1.82, 2.24) is 10.2 Å². The van der Waals surface area contributed by atoms with Crippen LogP contribution in [0, 0.1) is 0 Å². The van der Waals surface area contributed by atoms with Gasteiger partial charge in [-0.3, -0.25) is 4.90 Å². The first-order valence-electron chi connectivity index (χ1n) is 7.35. The van der Waals surface area contributed by atoms with E-state index >= 15 is 0 Å². The van der Waals surface area contributed by atoms with E-state index < -0.39 is 0 Å². The summed E-state index contributed by atoms with van der Waals surface area (Å²) in [6.07, 6.45) is 3.20. The summed E-state index contributed by atoms with van der Waals surface area (Å²) in [5, 5.41) is 13.3. The van der Waals surface area contributed by atoms with E-state index in [1.165, 1.54) is 12.0 Å². The summed E-state index contributed by atoms with van der Waals surface area (Å²) < 4.78 is 0. The molecular weight excluding hydrogens is 236 g/mol. The highest BCUT2D eigenvalue weighted by atomic mass is 16.3. The molecule has 1 fully saturated rings. The van der Waals surface area contributed by atoms with E-state index in [1.54, 1.807) is 0 Å². The van der Waals surface area contributed by atoms with E-state index in [2.05, 4.69) is 47.5 Å². The molecule has 0 amide bonds. The van der Waals surface area contributed by atoms with E-state index in [1.807, 2.05) is 0 Å². The molecule has 1 aliphatic heterocycles. The van der Waals surface area contributed by atoms with Gasteiger partial charge in [0.25, 0.3) is 0 Å². The highest BCUT2D eigenvalue weighted by Gasteiger charge is 2.30. The zero-order chi connectivity index (χ0) is 13.6. The topological polar surface area (TPSA) is 35.5 Å². The first kappa shape index (κ1) is 14.5. The average molecular weight is 262 g/mol. The molecule has 1 atom stereocenters. The van der Waals surface area contributed by atoms with Crippen LogP contribution in [-0.2, 0) is 6.42 Å². The molecule has 19 heavy (non-hydrogen) atoms. The van der Waals surface area contributed by atoms with Crippen LogP contribution in [0.2, 0.25) is 0 Å². The van der Waals surface area contributed by atoms with E-state index in [-0.39, 0.29) is 12.1 Å². The molecule has 2 rings (SSSR count). The van der Waals surface area contributed by atoms with Crippen molar-refractivity contribution in [1.29, 1.82) is 0 Å². The lowest BCUT2D eigenvalue weighted by molar-refractivity contribution is 0.0412. The number of benzene rings is 1. The van der Waals surface area contributed by atoms with E-state index in [4.69, 9.17) is 0 Å². The molecule has 1 aromatic rings. The summed E-state index contributed by atoms with van der Waals surface area (Å²) in [5.74, 6) is 0. The van der Waals surface area contributed by atoms with Gasteiger partial charge in [0.1, 0.15) is 0 Å². The molecule has 0 radical (unpaired) electrons. The number of aryl methyl sites for hydroxylation is 1. The molecule has 0 aromatic heterocycles. The molecule has 0 spiro atoms. The normalized spacial score (nSPS) is 20.7. The summed E-state index contributed by atoms with van der Waals surface area (Å²) in [6, 6.07) is 10.6. The summed E-state index contributed by atoms with van der Waals surface area (Å²) in [7, 11) is 0. The third-order valence-electron chi connectivity index (χ3n) is 4.24. The Balaban J connectivity index is 1.96. The van der Waals surface area contributed by atoms with Crippen LogP contribution in [0.1, 0.15) is 25.3 Å². The fraction of sp³-hybridized carbons (Fsp3) is 0.625. The fourth-order valence-electron chi connectivity index (χ4n) is 2.78. The van der Waals surface area contributed by atoms with Crippen LogP contribution in [0.5, 0.6) is 0 Å². The number of rotatable bonds is 5. The predicted molar refractivity (Wildman–Crippen MR) is 79.3 cm³/mol. The van der Waals surface area contributed by atoms with Crippen LogP contribution in [0.25, 0.3) is 0 Å². The fourth-order valence-corrected chi connectivity index (χ4v) is 2.78. The van der Waals surface area contributed by atoms with E-state index in [9.17, 15) is 5.11 Å². The van der Waals surface area contributed by atoms with Gasteiger partial charge in [-0.05, 0) is 38.3 Å². The van der Waals surface area contributed by atoms with Gasteiger partial charge in [0.15, 0.2) is 0 Å². The molecule has 0 saturated carbocycles. The molecule has 1 unspecified atom stereocenters. The molecule has 1 aliphatic rings. The van der Waals surface area contributed by atoms with Crippen LogP contribution in [-0.4, -0.2) is 48.3 Å². The number of aliphatic hydroxyl groups excluding tert-OH is 1. The van der Waals surface area contributed by atoms with Crippen LogP contribution < -0.4 is 5.32 Å². The van der Waals surface area contributed by atoms with Crippen molar-refractivity contribution < 1.29 is 5.11 Å². The first-order valence-corrected chi connectivity index (χ1v) is 7.35. The number of nitrogens with zero attached hydrogens (tertiary/aromatic N) is 1. The Morgan fingerprint density at radius 3 is 2.74 bits per heavy atom. The van der Waals surface area contributed by atoms with Gasteiger partial charge >= 0.3 is 0 Å². The number of nitrogens with one attached hydrogen (secondary N) is 1. The van der Waals surface area contributed by atoms with Crippen molar-refractivity contribution in [3.63, 3.8) is 0 Å². The van der Waals surface area contributed by atoms with Gasteiger partial charge in [0, 0.05) is 25.2 Å². The van der Waals surface area contributed by atoms with Gasteiger partial charge < -0.3 is 10.4 Å². The van der Waals surface area contributed by atoms with Gasteiger partial charge in [-0.1, -0.05) is 30.3 Å². The first-order chi connectivity index (χ1) is 9.24. The molecule has 3 nitrogen and oxygen atoms in total. The lowest BCUT2D eigenvalue weighted by Gasteiger charge is -2.39. The third kappa shape index (κ3) is 4.03. The maximum atomic E-state index is 9.85. The van der Waals surface area contributed by atoms with Gasteiger partial charge in [-0.25, -0.2) is 0 Å². The van der Waals surface area contributed by atoms with Crippen LogP contribution >= 0.6 is 0 Å². The lowest BCUT2D eigenvalue weighted by atomic mass is 9.91. The van der Waals surface area contributed by atoms with Gasteiger partial charge in [-0.15, -0.1) is 0 Å². The SMILES string of the molecule is CC(CO)(CCc1ccccc1)N1CCCNCC1. The number of hydrogen-bond donors (Lipinski definition) is 2. The minimum atomic E-state index is -0.0954. The standard InChI is InChI=1S/C16H26N2O/c1-16(14-19,18-12-5-10-17-11-13-18)9-8-15-6-3-2-4-7-15/h2-4,6-7,17,19H,5,8-14H2,1H3. The Bertz CT molecular complexity index is 360. The lowest BCUT2D eigenvalue weighted by Crippen LogP contribution is -2.50. The van der Waals surface area contributed by atoms with Crippen molar-refractivity contribution >= 4 is 0 Å². The third-order valence-corrected chi connectivity index (χ3v) is 4.24. The molecule has 0 bridgehead atoms. The molecule has 106 valence electrons. The second-order valence-corrected chi connectivity index (χ2v) is 5.73. The number of hydrogen-bond acceptors (Lipinski definition) is 3. The van der Waals surface area contributed by atoms with Crippen LogP contribution in [0.15, 0.2) is 30.3 Å². The average Bonchev–Trinajstić information content (AvgIpc) is 2.75. The molecule has 0 aliphatic carbocycles. The van der Waals surface area contributed by atoms with Crippen molar-refractivity contribution in [2.75, 3.05) is 32.8 Å². The minimum Gasteiger partial charge on any atom is -0.394 e. The summed E-state index contributed by atoms with van der Waals surface area (Å²) in [4.78, 5) is 2.45. The zero-order valence-corrected chi connectivity index (χ0v) is 11.9. The zero-order valence-electron chi connectivity index (χ0n) is 11.9. The van der Waals surface area contributed by atoms with Crippen molar-refractivity contribution in [2.45, 2.75) is 31.7 Å². The maximum Gasteiger partial charge on any atom is 0.0612 e. The van der Waals surface area contributed by atoms with E-state index in [0.717, 1.165) is 39.0 Å². The smallest absolute Gasteiger partial charge is 0.0612 e. The van der Waals surface area contributed by atoms with E-state index in [0.29, 0.717) is 0 Å². The molecule has 1 aromatic carbocycles. The highest BCUT2D eigenvalue weighted by Crippen LogP contribution is 2.22. The second kappa shape index (κ2) is 7.04. The Morgan fingerprint density at radius 1 is 1.21 bits per heavy atom. The van der Waals surface area contributed by atoms with Crippen LogP contribution in [0.4, 0.5) is 0 Å². The highest BCUT2D eigenvalue weighted by molar-refractivity contribution is 5.15. The predicted octanol–water partition coefficient (Wildman–Crippen LogP) is 1.67. The molecule has 2 N–H and O–H groups in total. The van der Waals surface area contributed by atoms with Crippen molar-refractivity contribution in [3.8, 4) is 0 Å². The molecule has 3 heteroatoms. The molecule has 1 heterocycles. The van der Waals surface area contributed by atoms with Gasteiger partial charge in [-0.2, -0.15) is 0 Å². The summed E-state index contributed by atoms with van der Waals surface area (Å²) in [5.41, 5.74) is 1.26. The Labute approximate surface area is 116 Å². The quantitative estimate of drug-likeness (QED) is 0.847. The van der Waals surface area contributed by atoms with Gasteiger partial charge in [0.2, 0.25) is 0 Å². The Hall–Kier alpha value is -0.900. The largest absolute Gasteiger partial charge is 0.394 e.